The standard InChI is InChI=1S/C13H12BrNO2.C11H7BrO2/c1-15(17-2)13(16)11-7-3-6-10-9(11)5-4-8-12(10)14;12-10-6-2-3-7-8(10)4-1-5-9(7)11(13)14/h3-8H,1-2H3;1-6H,(H,13,14). The van der Waals surface area contributed by atoms with E-state index in [1.165, 1.54) is 12.2 Å². The third-order valence-corrected chi connectivity index (χ3v) is 6.14. The van der Waals surface area contributed by atoms with Gasteiger partial charge in [-0.2, -0.15) is 0 Å². The molecule has 0 aliphatic heterocycles. The first-order valence-electron chi connectivity index (χ1n) is 9.25. The van der Waals surface area contributed by atoms with Crippen LogP contribution >= 0.6 is 31.9 Å². The molecular weight excluding hydrogens is 526 g/mol. The number of benzene rings is 4. The summed E-state index contributed by atoms with van der Waals surface area (Å²) in [5, 5.41) is 13.8. The van der Waals surface area contributed by atoms with Crippen molar-refractivity contribution in [2.24, 2.45) is 0 Å². The van der Waals surface area contributed by atoms with Crippen molar-refractivity contribution in [1.29, 1.82) is 0 Å². The summed E-state index contributed by atoms with van der Waals surface area (Å²) in [7, 11) is 3.07. The van der Waals surface area contributed by atoms with Crippen LogP contribution in [-0.4, -0.2) is 36.2 Å². The molecule has 0 saturated heterocycles. The molecule has 0 fully saturated rings. The summed E-state index contributed by atoms with van der Waals surface area (Å²) in [6.45, 7) is 0. The largest absolute Gasteiger partial charge is 0.478 e. The SMILES string of the molecule is CON(C)C(=O)c1cccc2c(Br)cccc12.O=C(O)c1cccc2c(Br)cccc12. The second kappa shape index (κ2) is 10.0. The Hall–Kier alpha value is -2.74. The summed E-state index contributed by atoms with van der Waals surface area (Å²) in [4.78, 5) is 27.9. The average molecular weight is 545 g/mol. The van der Waals surface area contributed by atoms with Gasteiger partial charge in [0.2, 0.25) is 0 Å². The molecule has 0 heterocycles. The topological polar surface area (TPSA) is 66.8 Å². The van der Waals surface area contributed by atoms with Crippen molar-refractivity contribution < 1.29 is 19.5 Å². The quantitative estimate of drug-likeness (QED) is 0.297. The first-order valence-corrected chi connectivity index (χ1v) is 10.8. The van der Waals surface area contributed by atoms with Gasteiger partial charge in [0.25, 0.3) is 5.91 Å². The van der Waals surface area contributed by atoms with Gasteiger partial charge in [0.1, 0.15) is 0 Å². The average Bonchev–Trinajstić information content (AvgIpc) is 2.78. The minimum absolute atomic E-state index is 0.156. The third-order valence-electron chi connectivity index (χ3n) is 4.76. The molecule has 0 spiro atoms. The van der Waals surface area contributed by atoms with Crippen LogP contribution in [-0.2, 0) is 4.84 Å². The Morgan fingerprint density at radius 1 is 0.742 bits per heavy atom. The van der Waals surface area contributed by atoms with Crippen LogP contribution in [0.2, 0.25) is 0 Å². The van der Waals surface area contributed by atoms with Gasteiger partial charge in [-0.1, -0.05) is 80.4 Å². The zero-order valence-corrected chi connectivity index (χ0v) is 20.0. The fourth-order valence-electron chi connectivity index (χ4n) is 3.17. The highest BCUT2D eigenvalue weighted by Gasteiger charge is 2.14. The van der Waals surface area contributed by atoms with Crippen LogP contribution in [0.5, 0.6) is 0 Å². The Morgan fingerprint density at radius 3 is 1.65 bits per heavy atom. The first-order chi connectivity index (χ1) is 14.8. The van der Waals surface area contributed by atoms with Crippen LogP contribution in [0.25, 0.3) is 21.5 Å². The second-order valence-corrected chi connectivity index (χ2v) is 8.28. The predicted octanol–water partition coefficient (Wildman–Crippen LogP) is 6.54. The van der Waals surface area contributed by atoms with Crippen LogP contribution < -0.4 is 0 Å². The molecule has 158 valence electrons. The number of fused-ring (bicyclic) bond motifs is 2. The molecule has 0 aliphatic carbocycles. The van der Waals surface area contributed by atoms with Crippen molar-refractivity contribution in [3.8, 4) is 0 Å². The monoisotopic (exact) mass is 543 g/mol. The molecule has 0 bridgehead atoms. The fourth-order valence-corrected chi connectivity index (χ4v) is 4.17. The molecule has 0 atom stereocenters. The number of hydrogen-bond donors (Lipinski definition) is 1. The van der Waals surface area contributed by atoms with Gasteiger partial charge in [0, 0.05) is 21.6 Å². The van der Waals surface area contributed by atoms with Crippen LogP contribution in [0.15, 0.2) is 81.7 Å². The Kier molecular flexibility index (Phi) is 7.43. The van der Waals surface area contributed by atoms with Crippen molar-refractivity contribution >= 4 is 65.3 Å². The molecule has 0 aromatic heterocycles. The van der Waals surface area contributed by atoms with Crippen molar-refractivity contribution in [3.63, 3.8) is 0 Å². The van der Waals surface area contributed by atoms with E-state index in [1.54, 1.807) is 25.2 Å². The summed E-state index contributed by atoms with van der Waals surface area (Å²) < 4.78 is 1.89. The fraction of sp³-hybridized carbons (Fsp3) is 0.0833. The van der Waals surface area contributed by atoms with Crippen LogP contribution in [0, 0.1) is 0 Å². The lowest BCUT2D eigenvalue weighted by molar-refractivity contribution is -0.0755. The number of nitrogens with zero attached hydrogens (tertiary/aromatic N) is 1. The molecule has 5 nitrogen and oxygen atoms in total. The lowest BCUT2D eigenvalue weighted by atomic mass is 10.0. The highest BCUT2D eigenvalue weighted by molar-refractivity contribution is 9.11. The summed E-state index contributed by atoms with van der Waals surface area (Å²) in [5.74, 6) is -1.05. The third kappa shape index (κ3) is 4.95. The number of carbonyl (C=O) groups is 2. The van der Waals surface area contributed by atoms with Crippen LogP contribution in [0.3, 0.4) is 0 Å². The van der Waals surface area contributed by atoms with Gasteiger partial charge in [-0.05, 0) is 45.8 Å². The van der Waals surface area contributed by atoms with Crippen molar-refractivity contribution in [1.82, 2.24) is 5.06 Å². The van der Waals surface area contributed by atoms with E-state index in [4.69, 9.17) is 9.94 Å². The van der Waals surface area contributed by atoms with E-state index in [0.717, 1.165) is 30.5 Å². The molecule has 1 N–H and O–H groups in total. The van der Waals surface area contributed by atoms with Gasteiger partial charge in [-0.3, -0.25) is 9.63 Å². The Morgan fingerprint density at radius 2 is 1.16 bits per heavy atom. The predicted molar refractivity (Wildman–Crippen MR) is 129 cm³/mol. The Balaban J connectivity index is 0.000000179. The van der Waals surface area contributed by atoms with Crippen molar-refractivity contribution in [3.05, 3.63) is 92.9 Å². The van der Waals surface area contributed by atoms with Crippen LogP contribution in [0.4, 0.5) is 0 Å². The molecule has 1 amide bonds. The smallest absolute Gasteiger partial charge is 0.336 e. The molecule has 31 heavy (non-hydrogen) atoms. The number of carboxylic acids is 1. The molecule has 4 aromatic rings. The maximum atomic E-state index is 12.1. The lowest BCUT2D eigenvalue weighted by Gasteiger charge is -2.15. The molecule has 0 aliphatic rings. The van der Waals surface area contributed by atoms with E-state index in [2.05, 4.69) is 31.9 Å². The minimum atomic E-state index is -0.895. The lowest BCUT2D eigenvalue weighted by Crippen LogP contribution is -2.25. The molecule has 7 heteroatoms. The van der Waals surface area contributed by atoms with E-state index in [-0.39, 0.29) is 5.91 Å². The number of rotatable bonds is 3. The molecule has 0 unspecified atom stereocenters. The van der Waals surface area contributed by atoms with Gasteiger partial charge in [-0.25, -0.2) is 9.86 Å². The van der Waals surface area contributed by atoms with E-state index in [0.29, 0.717) is 11.1 Å². The number of hydroxylamine groups is 2. The zero-order valence-electron chi connectivity index (χ0n) is 16.8. The van der Waals surface area contributed by atoms with E-state index < -0.39 is 5.97 Å². The summed E-state index contributed by atoms with van der Waals surface area (Å²) in [6, 6.07) is 22.2. The number of aromatic carboxylic acids is 1. The zero-order chi connectivity index (χ0) is 22.5. The molecule has 4 rings (SSSR count). The van der Waals surface area contributed by atoms with E-state index in [1.807, 2.05) is 54.6 Å². The van der Waals surface area contributed by atoms with E-state index >= 15 is 0 Å². The molecular formula is C24H19Br2NO4. The Bertz CT molecular complexity index is 1270. The maximum absolute atomic E-state index is 12.1. The van der Waals surface area contributed by atoms with Gasteiger partial charge in [0.15, 0.2) is 0 Å². The maximum Gasteiger partial charge on any atom is 0.336 e. The van der Waals surface area contributed by atoms with Crippen LogP contribution in [0.1, 0.15) is 20.7 Å². The number of amides is 1. The number of carbonyl (C=O) groups excluding carboxylic acids is 1. The van der Waals surface area contributed by atoms with Gasteiger partial charge in [-0.15, -0.1) is 0 Å². The Labute approximate surface area is 196 Å². The van der Waals surface area contributed by atoms with Gasteiger partial charge in [0.05, 0.1) is 12.7 Å². The van der Waals surface area contributed by atoms with Crippen molar-refractivity contribution in [2.75, 3.05) is 14.2 Å². The number of hydrogen-bond acceptors (Lipinski definition) is 3. The second-order valence-electron chi connectivity index (χ2n) is 6.57. The minimum Gasteiger partial charge on any atom is -0.478 e. The molecule has 0 radical (unpaired) electrons. The molecule has 4 aromatic carbocycles. The van der Waals surface area contributed by atoms with Crippen molar-refractivity contribution in [2.45, 2.75) is 0 Å². The summed E-state index contributed by atoms with van der Waals surface area (Å²) in [6.07, 6.45) is 0. The highest BCUT2D eigenvalue weighted by Crippen LogP contribution is 2.27. The molecule has 0 saturated carbocycles. The van der Waals surface area contributed by atoms with E-state index in [9.17, 15) is 9.59 Å². The highest BCUT2D eigenvalue weighted by atomic mass is 79.9. The summed E-state index contributed by atoms with van der Waals surface area (Å²) >= 11 is 6.87. The normalized spacial score (nSPS) is 10.5. The van der Waals surface area contributed by atoms with Gasteiger partial charge < -0.3 is 5.11 Å². The number of halogens is 2. The first kappa shape index (κ1) is 22.9. The summed E-state index contributed by atoms with van der Waals surface area (Å²) in [5.41, 5.74) is 0.969. The van der Waals surface area contributed by atoms with Gasteiger partial charge >= 0.3 is 5.97 Å². The number of carboxylic acid groups (broad SMARTS) is 1.